The van der Waals surface area contributed by atoms with Gasteiger partial charge in [0.25, 0.3) is 0 Å². The molecule has 1 unspecified atom stereocenters. The van der Waals surface area contributed by atoms with Crippen molar-refractivity contribution < 1.29 is 4.39 Å². The van der Waals surface area contributed by atoms with Gasteiger partial charge in [0.1, 0.15) is 11.6 Å². The first-order valence-corrected chi connectivity index (χ1v) is 5.60. The number of nitrogens with zero attached hydrogens (tertiary/aromatic N) is 2. The fourth-order valence-electron chi connectivity index (χ4n) is 1.88. The Labute approximate surface area is 100 Å². The van der Waals surface area contributed by atoms with Crippen LogP contribution < -0.4 is 5.32 Å². The third-order valence-corrected chi connectivity index (χ3v) is 2.97. The minimum Gasteiger partial charge on any atom is -0.313 e. The van der Waals surface area contributed by atoms with Crippen molar-refractivity contribution in [2.45, 2.75) is 19.9 Å². The van der Waals surface area contributed by atoms with E-state index in [4.69, 9.17) is 0 Å². The zero-order valence-electron chi connectivity index (χ0n) is 10.2. The van der Waals surface area contributed by atoms with E-state index in [0.29, 0.717) is 0 Å². The molecule has 1 heterocycles. The molecule has 0 bridgehead atoms. The Morgan fingerprint density at radius 3 is 2.76 bits per heavy atom. The van der Waals surface area contributed by atoms with E-state index in [1.165, 1.54) is 6.07 Å². The fourth-order valence-corrected chi connectivity index (χ4v) is 1.88. The summed E-state index contributed by atoms with van der Waals surface area (Å²) in [4.78, 5) is 4.19. The lowest BCUT2D eigenvalue weighted by Gasteiger charge is -2.17. The number of aryl methyl sites for hydroxylation is 1. The number of rotatable bonds is 3. The molecule has 3 nitrogen and oxygen atoms in total. The monoisotopic (exact) mass is 233 g/mol. The van der Waals surface area contributed by atoms with Gasteiger partial charge in [-0.3, -0.25) is 0 Å². The molecule has 90 valence electrons. The Morgan fingerprint density at radius 2 is 2.18 bits per heavy atom. The SMILES string of the molecule is CNC(C)c1cc(F)ccc1-n1ccnc1C. The number of aromatic nitrogens is 2. The highest BCUT2D eigenvalue weighted by molar-refractivity contribution is 5.44. The normalized spacial score (nSPS) is 12.7. The topological polar surface area (TPSA) is 29.9 Å². The van der Waals surface area contributed by atoms with Crippen LogP contribution in [0.4, 0.5) is 4.39 Å². The second-order valence-corrected chi connectivity index (χ2v) is 4.06. The Hall–Kier alpha value is -1.68. The first-order valence-electron chi connectivity index (χ1n) is 5.60. The first kappa shape index (κ1) is 11.8. The Balaban J connectivity index is 2.57. The quantitative estimate of drug-likeness (QED) is 0.883. The molecule has 0 saturated carbocycles. The van der Waals surface area contributed by atoms with Crippen molar-refractivity contribution >= 4 is 0 Å². The maximum Gasteiger partial charge on any atom is 0.123 e. The van der Waals surface area contributed by atoms with E-state index < -0.39 is 0 Å². The van der Waals surface area contributed by atoms with Crippen molar-refractivity contribution in [2.75, 3.05) is 7.05 Å². The molecule has 1 aromatic heterocycles. The third-order valence-electron chi connectivity index (χ3n) is 2.97. The van der Waals surface area contributed by atoms with E-state index in [-0.39, 0.29) is 11.9 Å². The van der Waals surface area contributed by atoms with Crippen molar-refractivity contribution in [3.05, 3.63) is 47.8 Å². The van der Waals surface area contributed by atoms with Gasteiger partial charge < -0.3 is 9.88 Å². The predicted molar refractivity (Wildman–Crippen MR) is 65.7 cm³/mol. The summed E-state index contributed by atoms with van der Waals surface area (Å²) >= 11 is 0. The van der Waals surface area contributed by atoms with Crippen molar-refractivity contribution in [3.63, 3.8) is 0 Å². The van der Waals surface area contributed by atoms with Crippen molar-refractivity contribution in [1.82, 2.24) is 14.9 Å². The van der Waals surface area contributed by atoms with Gasteiger partial charge in [0.05, 0.1) is 5.69 Å². The zero-order valence-corrected chi connectivity index (χ0v) is 10.2. The second-order valence-electron chi connectivity index (χ2n) is 4.06. The zero-order chi connectivity index (χ0) is 12.4. The van der Waals surface area contributed by atoms with Crippen LogP contribution in [0.1, 0.15) is 24.4 Å². The predicted octanol–water partition coefficient (Wildman–Crippen LogP) is 2.60. The van der Waals surface area contributed by atoms with Crippen LogP contribution in [0.2, 0.25) is 0 Å². The molecule has 0 aliphatic carbocycles. The summed E-state index contributed by atoms with van der Waals surface area (Å²) in [6, 6.07) is 4.91. The minimum absolute atomic E-state index is 0.0856. The van der Waals surface area contributed by atoms with Gasteiger partial charge in [-0.15, -0.1) is 0 Å². The molecular formula is C13H16FN3. The van der Waals surface area contributed by atoms with Crippen LogP contribution in [0.5, 0.6) is 0 Å². The van der Waals surface area contributed by atoms with Crippen LogP contribution in [-0.2, 0) is 0 Å². The molecule has 4 heteroatoms. The molecule has 17 heavy (non-hydrogen) atoms. The Bertz CT molecular complexity index is 519. The van der Waals surface area contributed by atoms with Gasteiger partial charge in [-0.2, -0.15) is 0 Å². The summed E-state index contributed by atoms with van der Waals surface area (Å²) < 4.78 is 15.3. The molecule has 1 aromatic carbocycles. The van der Waals surface area contributed by atoms with E-state index in [1.807, 2.05) is 31.7 Å². The van der Waals surface area contributed by atoms with E-state index in [2.05, 4.69) is 10.3 Å². The van der Waals surface area contributed by atoms with Crippen molar-refractivity contribution in [2.24, 2.45) is 0 Å². The second kappa shape index (κ2) is 4.67. The highest BCUT2D eigenvalue weighted by Gasteiger charge is 2.12. The largest absolute Gasteiger partial charge is 0.313 e. The maximum atomic E-state index is 13.3. The van der Waals surface area contributed by atoms with Gasteiger partial charge in [0, 0.05) is 18.4 Å². The van der Waals surface area contributed by atoms with Crippen LogP contribution in [-0.4, -0.2) is 16.6 Å². The molecule has 0 radical (unpaired) electrons. The Morgan fingerprint density at radius 1 is 1.41 bits per heavy atom. The minimum atomic E-state index is -0.219. The molecule has 0 spiro atoms. The first-order chi connectivity index (χ1) is 8.13. The van der Waals surface area contributed by atoms with Gasteiger partial charge in [-0.1, -0.05) is 0 Å². The summed E-state index contributed by atoms with van der Waals surface area (Å²) in [7, 11) is 1.86. The molecular weight excluding hydrogens is 217 g/mol. The average Bonchev–Trinajstić information content (AvgIpc) is 2.74. The number of imidazole rings is 1. The molecule has 2 aromatic rings. The third kappa shape index (κ3) is 2.22. The summed E-state index contributed by atoms with van der Waals surface area (Å²) in [5.74, 6) is 0.671. The maximum absolute atomic E-state index is 13.3. The molecule has 2 rings (SSSR count). The molecule has 1 atom stereocenters. The Kier molecular flexibility index (Phi) is 3.24. The van der Waals surface area contributed by atoms with Crippen LogP contribution >= 0.6 is 0 Å². The number of nitrogens with one attached hydrogen (secondary N) is 1. The lowest BCUT2D eigenvalue weighted by Crippen LogP contribution is -2.15. The summed E-state index contributed by atoms with van der Waals surface area (Å²) in [5, 5.41) is 3.13. The van der Waals surface area contributed by atoms with Crippen LogP contribution in [0.25, 0.3) is 5.69 Å². The van der Waals surface area contributed by atoms with Gasteiger partial charge in [-0.25, -0.2) is 9.37 Å². The fraction of sp³-hybridized carbons (Fsp3) is 0.308. The van der Waals surface area contributed by atoms with Crippen LogP contribution in [0, 0.1) is 12.7 Å². The standard InChI is InChI=1S/C13H16FN3/c1-9(15-3)12-8-11(14)4-5-13(12)17-7-6-16-10(17)2/h4-9,15H,1-3H3. The number of benzene rings is 1. The number of hydrogen-bond acceptors (Lipinski definition) is 2. The smallest absolute Gasteiger partial charge is 0.123 e. The van der Waals surface area contributed by atoms with Crippen LogP contribution in [0.15, 0.2) is 30.6 Å². The molecule has 0 saturated heterocycles. The van der Waals surface area contributed by atoms with Crippen molar-refractivity contribution in [1.29, 1.82) is 0 Å². The lowest BCUT2D eigenvalue weighted by atomic mass is 10.1. The van der Waals surface area contributed by atoms with Gasteiger partial charge >= 0.3 is 0 Å². The van der Waals surface area contributed by atoms with E-state index in [1.54, 1.807) is 18.3 Å². The van der Waals surface area contributed by atoms with Crippen LogP contribution in [0.3, 0.4) is 0 Å². The van der Waals surface area contributed by atoms with E-state index in [9.17, 15) is 4.39 Å². The molecule has 1 N–H and O–H groups in total. The van der Waals surface area contributed by atoms with E-state index >= 15 is 0 Å². The average molecular weight is 233 g/mol. The number of hydrogen-bond donors (Lipinski definition) is 1. The summed E-state index contributed by atoms with van der Waals surface area (Å²) in [6.45, 7) is 3.93. The highest BCUT2D eigenvalue weighted by Crippen LogP contribution is 2.23. The van der Waals surface area contributed by atoms with Crippen molar-refractivity contribution in [3.8, 4) is 5.69 Å². The number of halogens is 1. The highest BCUT2D eigenvalue weighted by atomic mass is 19.1. The summed E-state index contributed by atoms with van der Waals surface area (Å²) in [5.41, 5.74) is 1.89. The molecule has 0 amide bonds. The van der Waals surface area contributed by atoms with Gasteiger partial charge in [0.2, 0.25) is 0 Å². The molecule has 0 aliphatic heterocycles. The summed E-state index contributed by atoms with van der Waals surface area (Å²) in [6.07, 6.45) is 3.63. The molecule has 0 fully saturated rings. The van der Waals surface area contributed by atoms with Gasteiger partial charge in [0.15, 0.2) is 0 Å². The van der Waals surface area contributed by atoms with E-state index in [0.717, 1.165) is 17.1 Å². The van der Waals surface area contributed by atoms with Gasteiger partial charge in [-0.05, 0) is 44.7 Å². The lowest BCUT2D eigenvalue weighted by molar-refractivity contribution is 0.605. The molecule has 0 aliphatic rings.